The van der Waals surface area contributed by atoms with E-state index in [9.17, 15) is 4.79 Å². The molecule has 1 amide bonds. The molecule has 1 aliphatic carbocycles. The van der Waals surface area contributed by atoms with Crippen molar-refractivity contribution < 1.29 is 4.79 Å². The molecule has 1 N–H and O–H groups in total. The Morgan fingerprint density at radius 3 is 2.90 bits per heavy atom. The van der Waals surface area contributed by atoms with Crippen molar-refractivity contribution in [2.75, 3.05) is 6.54 Å². The van der Waals surface area contributed by atoms with Crippen LogP contribution in [-0.4, -0.2) is 17.8 Å². The normalized spacial score (nSPS) is 22.6. The number of nitrogens with one attached hydrogen (secondary N) is 1. The zero-order valence-corrected chi connectivity index (χ0v) is 13.2. The molecular weight excluding hydrogens is 270 g/mol. The predicted octanol–water partition coefficient (Wildman–Crippen LogP) is 3.76. The number of halogens is 1. The molecule has 110 valence electrons. The van der Waals surface area contributed by atoms with Gasteiger partial charge < -0.3 is 5.32 Å². The van der Waals surface area contributed by atoms with E-state index in [1.807, 2.05) is 0 Å². The molecule has 1 aromatic rings. The summed E-state index contributed by atoms with van der Waals surface area (Å²) in [5, 5.41) is 3.37. The topological polar surface area (TPSA) is 29.1 Å². The molecule has 0 bridgehead atoms. The molecule has 2 nitrogen and oxygen atoms in total. The minimum atomic E-state index is 0.121. The van der Waals surface area contributed by atoms with Crippen LogP contribution in [0.3, 0.4) is 0 Å². The molecule has 3 heteroatoms. The number of rotatable bonds is 4. The summed E-state index contributed by atoms with van der Waals surface area (Å²) in [5.41, 5.74) is 3.52. The highest BCUT2D eigenvalue weighted by Crippen LogP contribution is 2.27. The second-order valence-corrected chi connectivity index (χ2v) is 6.66. The van der Waals surface area contributed by atoms with Gasteiger partial charge in [0.25, 0.3) is 0 Å². The first-order chi connectivity index (χ1) is 9.54. The summed E-state index contributed by atoms with van der Waals surface area (Å²) in [5.74, 6) is 0.671. The van der Waals surface area contributed by atoms with E-state index in [1.54, 1.807) is 0 Å². The van der Waals surface area contributed by atoms with E-state index in [-0.39, 0.29) is 5.91 Å². The number of carbonyl (C=O) groups is 1. The first kappa shape index (κ1) is 15.4. The van der Waals surface area contributed by atoms with Crippen molar-refractivity contribution in [1.82, 2.24) is 5.32 Å². The predicted molar refractivity (Wildman–Crippen MR) is 84.2 cm³/mol. The molecule has 0 saturated heterocycles. The standard InChI is InChI=1S/C17H24ClNO/c1-12-6-7-13(2)15(8-12)10-17(20)19-11-14-4-3-5-16(18)9-14/h6-8,14,16H,3-5,9-11H2,1-2H3,(H,19,20). The number of benzene rings is 1. The summed E-state index contributed by atoms with van der Waals surface area (Å²) in [6.07, 6.45) is 5.00. The van der Waals surface area contributed by atoms with Crippen molar-refractivity contribution in [3.8, 4) is 0 Å². The highest BCUT2D eigenvalue weighted by atomic mass is 35.5. The van der Waals surface area contributed by atoms with Crippen LogP contribution < -0.4 is 5.32 Å². The van der Waals surface area contributed by atoms with Crippen LogP contribution in [0, 0.1) is 19.8 Å². The molecule has 0 aromatic heterocycles. The molecular formula is C17H24ClNO. The van der Waals surface area contributed by atoms with Crippen molar-refractivity contribution in [1.29, 1.82) is 0 Å². The third-order valence-electron chi connectivity index (χ3n) is 4.16. The van der Waals surface area contributed by atoms with Gasteiger partial charge in [-0.15, -0.1) is 11.6 Å². The van der Waals surface area contributed by atoms with Crippen molar-refractivity contribution in [3.05, 3.63) is 34.9 Å². The highest BCUT2D eigenvalue weighted by Gasteiger charge is 2.20. The van der Waals surface area contributed by atoms with Gasteiger partial charge in [-0.25, -0.2) is 0 Å². The molecule has 1 saturated carbocycles. The fraction of sp³-hybridized carbons (Fsp3) is 0.588. The number of hydrogen-bond acceptors (Lipinski definition) is 1. The second kappa shape index (κ2) is 7.12. The number of aryl methyl sites for hydroxylation is 2. The number of carbonyl (C=O) groups excluding carboxylic acids is 1. The van der Waals surface area contributed by atoms with Crippen LogP contribution in [0.5, 0.6) is 0 Å². The molecule has 2 atom stereocenters. The largest absolute Gasteiger partial charge is 0.356 e. The molecule has 1 fully saturated rings. The Hall–Kier alpha value is -1.02. The lowest BCUT2D eigenvalue weighted by Gasteiger charge is -2.25. The van der Waals surface area contributed by atoms with Gasteiger partial charge in [0, 0.05) is 11.9 Å². The SMILES string of the molecule is Cc1ccc(C)c(CC(=O)NCC2CCCC(Cl)C2)c1. The lowest BCUT2D eigenvalue weighted by Crippen LogP contribution is -2.33. The van der Waals surface area contributed by atoms with Crippen LogP contribution in [0.4, 0.5) is 0 Å². The molecule has 0 radical (unpaired) electrons. The van der Waals surface area contributed by atoms with Gasteiger partial charge in [-0.2, -0.15) is 0 Å². The summed E-state index contributed by atoms with van der Waals surface area (Å²) < 4.78 is 0. The van der Waals surface area contributed by atoms with Crippen molar-refractivity contribution in [3.63, 3.8) is 0 Å². The Balaban J connectivity index is 1.82. The minimum Gasteiger partial charge on any atom is -0.356 e. The summed E-state index contributed by atoms with van der Waals surface area (Å²) in [7, 11) is 0. The maximum absolute atomic E-state index is 12.1. The van der Waals surface area contributed by atoms with E-state index < -0.39 is 0 Å². The molecule has 1 aromatic carbocycles. The van der Waals surface area contributed by atoms with Gasteiger partial charge in [0.15, 0.2) is 0 Å². The van der Waals surface area contributed by atoms with E-state index in [0.29, 0.717) is 17.7 Å². The molecule has 2 rings (SSSR count). The van der Waals surface area contributed by atoms with Gasteiger partial charge in [0.2, 0.25) is 5.91 Å². The van der Waals surface area contributed by atoms with Gasteiger partial charge in [0.1, 0.15) is 0 Å². The fourth-order valence-corrected chi connectivity index (χ4v) is 3.30. The van der Waals surface area contributed by atoms with Crippen LogP contribution in [0.1, 0.15) is 42.4 Å². The van der Waals surface area contributed by atoms with E-state index in [4.69, 9.17) is 11.6 Å². The van der Waals surface area contributed by atoms with Crippen LogP contribution in [-0.2, 0) is 11.2 Å². The number of amides is 1. The van der Waals surface area contributed by atoms with Crippen molar-refractivity contribution in [2.45, 2.75) is 51.3 Å². The Morgan fingerprint density at radius 1 is 1.35 bits per heavy atom. The first-order valence-corrected chi connectivity index (χ1v) is 7.95. The lowest BCUT2D eigenvalue weighted by molar-refractivity contribution is -0.120. The summed E-state index contributed by atoms with van der Waals surface area (Å²) in [6, 6.07) is 6.26. The third-order valence-corrected chi connectivity index (χ3v) is 4.56. The van der Waals surface area contributed by atoms with Gasteiger partial charge in [-0.3, -0.25) is 4.79 Å². The Labute approximate surface area is 126 Å². The average molecular weight is 294 g/mol. The second-order valence-electron chi connectivity index (χ2n) is 6.04. The molecule has 2 unspecified atom stereocenters. The quantitative estimate of drug-likeness (QED) is 0.842. The average Bonchev–Trinajstić information content (AvgIpc) is 2.41. The third kappa shape index (κ3) is 4.52. The summed E-state index contributed by atoms with van der Waals surface area (Å²) in [6.45, 7) is 4.89. The monoisotopic (exact) mass is 293 g/mol. The van der Waals surface area contributed by atoms with Crippen LogP contribution in [0.25, 0.3) is 0 Å². The number of hydrogen-bond donors (Lipinski definition) is 1. The van der Waals surface area contributed by atoms with Crippen LogP contribution >= 0.6 is 11.6 Å². The van der Waals surface area contributed by atoms with E-state index in [1.165, 1.54) is 24.0 Å². The van der Waals surface area contributed by atoms with Gasteiger partial charge in [0.05, 0.1) is 6.42 Å². The molecule has 0 heterocycles. The van der Waals surface area contributed by atoms with E-state index >= 15 is 0 Å². The molecule has 0 aliphatic heterocycles. The van der Waals surface area contributed by atoms with E-state index in [2.05, 4.69) is 37.4 Å². The summed E-state index contributed by atoms with van der Waals surface area (Å²) in [4.78, 5) is 12.1. The first-order valence-electron chi connectivity index (χ1n) is 7.51. The van der Waals surface area contributed by atoms with Gasteiger partial charge in [-0.05, 0) is 50.2 Å². The zero-order valence-electron chi connectivity index (χ0n) is 12.4. The minimum absolute atomic E-state index is 0.121. The van der Waals surface area contributed by atoms with E-state index in [0.717, 1.165) is 24.9 Å². The molecule has 20 heavy (non-hydrogen) atoms. The highest BCUT2D eigenvalue weighted by molar-refractivity contribution is 6.20. The smallest absolute Gasteiger partial charge is 0.224 e. The number of alkyl halides is 1. The van der Waals surface area contributed by atoms with Gasteiger partial charge >= 0.3 is 0 Å². The van der Waals surface area contributed by atoms with Crippen LogP contribution in [0.15, 0.2) is 18.2 Å². The molecule has 1 aliphatic rings. The summed E-state index contributed by atoms with van der Waals surface area (Å²) >= 11 is 6.18. The van der Waals surface area contributed by atoms with Gasteiger partial charge in [-0.1, -0.05) is 30.2 Å². The lowest BCUT2D eigenvalue weighted by atomic mass is 9.89. The Morgan fingerprint density at radius 2 is 2.15 bits per heavy atom. The van der Waals surface area contributed by atoms with Crippen LogP contribution in [0.2, 0.25) is 0 Å². The van der Waals surface area contributed by atoms with Crippen molar-refractivity contribution in [2.24, 2.45) is 5.92 Å². The fourth-order valence-electron chi connectivity index (χ4n) is 2.90. The Bertz CT molecular complexity index is 472. The zero-order chi connectivity index (χ0) is 14.5. The Kier molecular flexibility index (Phi) is 5.47. The maximum atomic E-state index is 12.1. The maximum Gasteiger partial charge on any atom is 0.224 e. The molecule has 0 spiro atoms. The van der Waals surface area contributed by atoms with Crippen molar-refractivity contribution >= 4 is 17.5 Å².